The van der Waals surface area contributed by atoms with Gasteiger partial charge in [-0.15, -0.1) is 0 Å². The van der Waals surface area contributed by atoms with E-state index in [2.05, 4.69) is 20.8 Å². The van der Waals surface area contributed by atoms with Gasteiger partial charge in [0.05, 0.1) is 24.4 Å². The number of amides is 1. The minimum atomic E-state index is -0.517. The molecule has 1 aromatic carbocycles. The van der Waals surface area contributed by atoms with Gasteiger partial charge in [0.2, 0.25) is 0 Å². The molecular weight excluding hydrogens is 296 g/mol. The Labute approximate surface area is 115 Å². The molecule has 2 aliphatic heterocycles. The summed E-state index contributed by atoms with van der Waals surface area (Å²) in [5.41, 5.74) is 1.18. The van der Waals surface area contributed by atoms with Crippen molar-refractivity contribution in [2.75, 3.05) is 31.6 Å². The van der Waals surface area contributed by atoms with Crippen molar-refractivity contribution in [3.05, 3.63) is 28.2 Å². The van der Waals surface area contributed by atoms with Crippen molar-refractivity contribution in [3.8, 4) is 0 Å². The number of hydrogen-bond donors (Lipinski definition) is 0. The van der Waals surface area contributed by atoms with Crippen LogP contribution < -0.4 is 4.90 Å². The molecule has 0 radical (unpaired) electrons. The summed E-state index contributed by atoms with van der Waals surface area (Å²) >= 11 is 3.46. The lowest BCUT2D eigenvalue weighted by molar-refractivity contribution is -0.0444. The molecule has 1 amide bonds. The Hall–Kier alpha value is -1.07. The molecule has 18 heavy (non-hydrogen) atoms. The van der Waals surface area contributed by atoms with Crippen molar-refractivity contribution in [2.45, 2.75) is 12.6 Å². The lowest BCUT2D eigenvalue weighted by atomic mass is 10.1. The van der Waals surface area contributed by atoms with Crippen LogP contribution in [0.4, 0.5) is 5.69 Å². The molecule has 0 aromatic heterocycles. The largest absolute Gasteiger partial charge is 0.369 e. The average Bonchev–Trinajstić information content (AvgIpc) is 2.66. The van der Waals surface area contributed by atoms with Crippen LogP contribution in [0.2, 0.25) is 0 Å². The second-order valence-corrected chi connectivity index (χ2v) is 5.91. The lowest BCUT2D eigenvalue weighted by Crippen LogP contribution is -2.50. The maximum Gasteiger partial charge on any atom is 0.258 e. The summed E-state index contributed by atoms with van der Waals surface area (Å²) in [4.78, 5) is 16.5. The van der Waals surface area contributed by atoms with E-state index in [9.17, 15) is 4.79 Å². The summed E-state index contributed by atoms with van der Waals surface area (Å²) in [7, 11) is 2.00. The van der Waals surface area contributed by atoms with Crippen molar-refractivity contribution in [3.63, 3.8) is 0 Å². The zero-order chi connectivity index (χ0) is 12.9. The quantitative estimate of drug-likeness (QED) is 0.735. The van der Waals surface area contributed by atoms with Crippen LogP contribution in [0.1, 0.15) is 17.3 Å². The van der Waals surface area contributed by atoms with Crippen LogP contribution in [0.25, 0.3) is 0 Å². The van der Waals surface area contributed by atoms with E-state index < -0.39 is 5.72 Å². The summed E-state index contributed by atoms with van der Waals surface area (Å²) in [5.74, 6) is 0.0573. The van der Waals surface area contributed by atoms with Gasteiger partial charge in [0.1, 0.15) is 0 Å². The highest BCUT2D eigenvalue weighted by atomic mass is 79.9. The number of carbonyl (C=O) groups is 1. The number of ether oxygens (including phenoxy) is 1. The van der Waals surface area contributed by atoms with Crippen LogP contribution in [0.3, 0.4) is 0 Å². The average molecular weight is 311 g/mol. The van der Waals surface area contributed by atoms with Gasteiger partial charge in [-0.05, 0) is 25.1 Å². The predicted molar refractivity (Wildman–Crippen MR) is 72.8 cm³/mol. The topological polar surface area (TPSA) is 32.8 Å². The minimum absolute atomic E-state index is 0.0573. The normalized spacial score (nSPS) is 26.9. The van der Waals surface area contributed by atoms with Gasteiger partial charge in [-0.2, -0.15) is 0 Å². The first kappa shape index (κ1) is 12.0. The summed E-state index contributed by atoms with van der Waals surface area (Å²) < 4.78 is 6.76. The molecule has 0 aliphatic carbocycles. The van der Waals surface area contributed by atoms with Crippen molar-refractivity contribution < 1.29 is 9.53 Å². The van der Waals surface area contributed by atoms with Gasteiger partial charge in [0.15, 0.2) is 5.72 Å². The lowest BCUT2D eigenvalue weighted by Gasteiger charge is -2.33. The van der Waals surface area contributed by atoms with Crippen LogP contribution in [-0.4, -0.2) is 43.3 Å². The molecule has 0 N–H and O–H groups in total. The van der Waals surface area contributed by atoms with Crippen LogP contribution in [0.15, 0.2) is 22.7 Å². The number of carbonyl (C=O) groups excluding carboxylic acids is 1. The summed E-state index contributed by atoms with van der Waals surface area (Å²) in [5, 5.41) is 0. The van der Waals surface area contributed by atoms with Crippen molar-refractivity contribution >= 4 is 27.5 Å². The van der Waals surface area contributed by atoms with Crippen molar-refractivity contribution in [1.29, 1.82) is 0 Å². The van der Waals surface area contributed by atoms with Crippen LogP contribution in [-0.2, 0) is 4.74 Å². The van der Waals surface area contributed by atoms with E-state index in [0.717, 1.165) is 15.7 Å². The van der Waals surface area contributed by atoms with E-state index in [1.807, 2.05) is 37.1 Å². The first-order valence-corrected chi connectivity index (χ1v) is 6.77. The molecule has 1 atom stereocenters. The van der Waals surface area contributed by atoms with Crippen LogP contribution in [0, 0.1) is 0 Å². The van der Waals surface area contributed by atoms with Gasteiger partial charge >= 0.3 is 0 Å². The van der Waals surface area contributed by atoms with E-state index in [1.54, 1.807) is 0 Å². The van der Waals surface area contributed by atoms with E-state index in [1.165, 1.54) is 0 Å². The summed E-state index contributed by atoms with van der Waals surface area (Å²) in [6.45, 7) is 3.94. The van der Waals surface area contributed by atoms with Gasteiger partial charge in [-0.25, -0.2) is 0 Å². The number of benzene rings is 1. The zero-order valence-corrected chi connectivity index (χ0v) is 12.0. The van der Waals surface area contributed by atoms with Crippen molar-refractivity contribution in [1.82, 2.24) is 4.90 Å². The highest BCUT2D eigenvalue weighted by Gasteiger charge is 2.45. The van der Waals surface area contributed by atoms with Gasteiger partial charge < -0.3 is 14.5 Å². The molecule has 1 unspecified atom stereocenters. The number of halogens is 1. The van der Waals surface area contributed by atoms with Gasteiger partial charge in [0.25, 0.3) is 5.91 Å². The Morgan fingerprint density at radius 2 is 2.22 bits per heavy atom. The second kappa shape index (κ2) is 3.96. The Morgan fingerprint density at radius 3 is 3.00 bits per heavy atom. The molecule has 1 saturated heterocycles. The molecule has 0 spiro atoms. The first-order valence-electron chi connectivity index (χ1n) is 5.98. The standard InChI is InChI=1S/C13H15BrN2O2/c1-13-8-15(2)11-7-9(14)3-4-10(11)12(17)16(13)5-6-18-13/h3-4,7H,5-6,8H2,1-2H3. The third kappa shape index (κ3) is 1.65. The van der Waals surface area contributed by atoms with Gasteiger partial charge in [-0.3, -0.25) is 4.79 Å². The maximum atomic E-state index is 12.6. The first-order chi connectivity index (χ1) is 8.51. The molecule has 2 aliphatic rings. The fourth-order valence-corrected chi connectivity index (χ4v) is 3.14. The van der Waals surface area contributed by atoms with Gasteiger partial charge in [-0.1, -0.05) is 15.9 Å². The molecule has 0 bridgehead atoms. The monoisotopic (exact) mass is 310 g/mol. The zero-order valence-electron chi connectivity index (χ0n) is 10.4. The summed E-state index contributed by atoms with van der Waals surface area (Å²) in [6, 6.07) is 5.77. The number of nitrogens with zero attached hydrogens (tertiary/aromatic N) is 2. The number of hydrogen-bond acceptors (Lipinski definition) is 3. The molecule has 0 saturated carbocycles. The highest BCUT2D eigenvalue weighted by Crippen LogP contribution is 2.35. The Balaban J connectivity index is 2.14. The number of likely N-dealkylation sites (N-methyl/N-ethyl adjacent to an activating group) is 1. The molecule has 1 fully saturated rings. The van der Waals surface area contributed by atoms with E-state index in [0.29, 0.717) is 19.7 Å². The van der Waals surface area contributed by atoms with Crippen LogP contribution in [0.5, 0.6) is 0 Å². The minimum Gasteiger partial charge on any atom is -0.369 e. The fourth-order valence-electron chi connectivity index (χ4n) is 2.79. The molecule has 96 valence electrons. The van der Waals surface area contributed by atoms with Crippen molar-refractivity contribution in [2.24, 2.45) is 0 Å². The molecule has 1 aromatic rings. The maximum absolute atomic E-state index is 12.6. The predicted octanol–water partition coefficient (Wildman–Crippen LogP) is 2.09. The molecule has 2 heterocycles. The second-order valence-electron chi connectivity index (χ2n) is 5.00. The smallest absolute Gasteiger partial charge is 0.258 e. The fraction of sp³-hybridized carbons (Fsp3) is 0.462. The van der Waals surface area contributed by atoms with E-state index >= 15 is 0 Å². The van der Waals surface area contributed by atoms with E-state index in [-0.39, 0.29) is 5.91 Å². The third-order valence-electron chi connectivity index (χ3n) is 3.68. The number of anilines is 1. The Kier molecular flexibility index (Phi) is 2.64. The Bertz CT molecular complexity index is 520. The van der Waals surface area contributed by atoms with E-state index in [4.69, 9.17) is 4.74 Å². The number of rotatable bonds is 0. The third-order valence-corrected chi connectivity index (χ3v) is 4.17. The molecule has 3 rings (SSSR count). The summed E-state index contributed by atoms with van der Waals surface area (Å²) in [6.07, 6.45) is 0. The van der Waals surface area contributed by atoms with Crippen LogP contribution >= 0.6 is 15.9 Å². The molecular formula is C13H15BrN2O2. The molecule has 4 nitrogen and oxygen atoms in total. The SMILES string of the molecule is CN1CC2(C)OCCN2C(=O)c2ccc(Br)cc21. The Morgan fingerprint density at radius 1 is 1.44 bits per heavy atom. The number of fused-ring (bicyclic) bond motifs is 2. The highest BCUT2D eigenvalue weighted by molar-refractivity contribution is 9.10. The molecule has 5 heteroatoms. The van der Waals surface area contributed by atoms with Gasteiger partial charge in [0, 0.05) is 18.1 Å².